The average molecular weight is 235 g/mol. The minimum Gasteiger partial charge on any atom is -0.397 e. The summed E-state index contributed by atoms with van der Waals surface area (Å²) in [6.07, 6.45) is 3.08. The van der Waals surface area contributed by atoms with E-state index in [0.29, 0.717) is 17.9 Å². The van der Waals surface area contributed by atoms with Crippen molar-refractivity contribution >= 4 is 11.6 Å². The molecule has 2 heterocycles. The molecule has 0 spiro atoms. The van der Waals surface area contributed by atoms with Crippen LogP contribution in [0.4, 0.5) is 5.69 Å². The van der Waals surface area contributed by atoms with Crippen molar-refractivity contribution in [2.75, 3.05) is 18.8 Å². The Hall–Kier alpha value is -1.62. The molecule has 0 bridgehead atoms. The van der Waals surface area contributed by atoms with Crippen LogP contribution in [0.5, 0.6) is 0 Å². The fraction of sp³-hybridized carbons (Fsp3) is 0.500. The van der Waals surface area contributed by atoms with Crippen LogP contribution in [0.3, 0.4) is 0 Å². The second-order valence-electron chi connectivity index (χ2n) is 4.40. The zero-order chi connectivity index (χ0) is 12.3. The van der Waals surface area contributed by atoms with E-state index in [2.05, 4.69) is 4.98 Å². The molecule has 1 saturated heterocycles. The molecule has 0 unspecified atom stereocenters. The average Bonchev–Trinajstić information content (AvgIpc) is 2.32. The van der Waals surface area contributed by atoms with Gasteiger partial charge in [-0.1, -0.05) is 0 Å². The lowest BCUT2D eigenvalue weighted by Gasteiger charge is -2.30. The van der Waals surface area contributed by atoms with Crippen molar-refractivity contribution in [1.29, 1.82) is 0 Å². The summed E-state index contributed by atoms with van der Waals surface area (Å²) in [6.45, 7) is 1.17. The van der Waals surface area contributed by atoms with Gasteiger partial charge in [-0.2, -0.15) is 0 Å². The first-order valence-electron chi connectivity index (χ1n) is 5.81. The molecule has 1 amide bonds. The fourth-order valence-electron chi connectivity index (χ4n) is 1.99. The van der Waals surface area contributed by atoms with Gasteiger partial charge in [-0.3, -0.25) is 9.78 Å². The molecule has 2 rings (SSSR count). The number of hydrogen-bond acceptors (Lipinski definition) is 4. The zero-order valence-electron chi connectivity index (χ0n) is 9.67. The fourth-order valence-corrected chi connectivity index (χ4v) is 1.99. The lowest BCUT2D eigenvalue weighted by atomic mass is 10.1. The van der Waals surface area contributed by atoms with E-state index < -0.39 is 0 Å². The summed E-state index contributed by atoms with van der Waals surface area (Å²) in [4.78, 5) is 17.7. The molecule has 0 saturated carbocycles. The van der Waals surface area contributed by atoms with E-state index in [4.69, 9.17) is 5.73 Å². The van der Waals surface area contributed by atoms with Gasteiger partial charge in [0, 0.05) is 18.8 Å². The normalized spacial score (nSPS) is 20.3. The Bertz CT molecular complexity index is 391. The largest absolute Gasteiger partial charge is 0.397 e. The Kier molecular flexibility index (Phi) is 3.58. The number of aliphatic hydroxyl groups is 1. The number of anilines is 1. The van der Waals surface area contributed by atoms with Crippen molar-refractivity contribution in [1.82, 2.24) is 9.88 Å². The van der Waals surface area contributed by atoms with Gasteiger partial charge in [-0.05, 0) is 25.0 Å². The first-order valence-corrected chi connectivity index (χ1v) is 5.81. The molecule has 1 aromatic rings. The minimum atomic E-state index is -0.382. The summed E-state index contributed by atoms with van der Waals surface area (Å²) in [7, 11) is 0. The number of nitrogens with two attached hydrogens (primary N) is 1. The van der Waals surface area contributed by atoms with Crippen LogP contribution in [0.15, 0.2) is 18.3 Å². The molecule has 1 aliphatic heterocycles. The summed E-state index contributed by atoms with van der Waals surface area (Å²) in [5.74, 6) is 0.0148. The van der Waals surface area contributed by atoms with Crippen LogP contribution in [-0.4, -0.2) is 40.1 Å². The van der Waals surface area contributed by atoms with Gasteiger partial charge in [0.1, 0.15) is 0 Å². The van der Waals surface area contributed by atoms with E-state index in [0.717, 1.165) is 19.4 Å². The molecule has 0 aliphatic carbocycles. The predicted octanol–water partition coefficient (Wildman–Crippen LogP) is 0.190. The van der Waals surface area contributed by atoms with Crippen LogP contribution in [-0.2, 0) is 11.2 Å². The number of piperidine rings is 1. The molecular weight excluding hydrogens is 218 g/mol. The first-order chi connectivity index (χ1) is 8.15. The number of carbonyl (C=O) groups is 1. The Morgan fingerprint density at radius 1 is 1.59 bits per heavy atom. The Labute approximate surface area is 100 Å². The highest BCUT2D eigenvalue weighted by Crippen LogP contribution is 2.11. The third kappa shape index (κ3) is 3.17. The topological polar surface area (TPSA) is 79.5 Å². The molecule has 0 aromatic carbocycles. The highest BCUT2D eigenvalue weighted by atomic mass is 16.3. The lowest BCUT2D eigenvalue weighted by molar-refractivity contribution is -0.133. The zero-order valence-corrected chi connectivity index (χ0v) is 9.67. The standard InChI is InChI=1S/C12H17N3O2/c13-9-3-4-10(14-7-9)6-12(17)15-5-1-2-11(16)8-15/h3-4,7,11,16H,1-2,5-6,8,13H2/t11-/m0/s1. The van der Waals surface area contributed by atoms with Gasteiger partial charge < -0.3 is 15.7 Å². The number of aromatic nitrogens is 1. The van der Waals surface area contributed by atoms with E-state index in [1.54, 1.807) is 23.2 Å². The van der Waals surface area contributed by atoms with Crippen molar-refractivity contribution < 1.29 is 9.90 Å². The molecule has 1 aromatic heterocycles. The molecule has 0 radical (unpaired) electrons. The summed E-state index contributed by atoms with van der Waals surface area (Å²) < 4.78 is 0. The van der Waals surface area contributed by atoms with Crippen molar-refractivity contribution in [2.45, 2.75) is 25.4 Å². The van der Waals surface area contributed by atoms with Gasteiger partial charge in [-0.25, -0.2) is 0 Å². The number of aliphatic hydroxyl groups excluding tert-OH is 1. The third-order valence-electron chi connectivity index (χ3n) is 2.93. The SMILES string of the molecule is Nc1ccc(CC(=O)N2CCC[C@H](O)C2)nc1. The molecule has 1 aliphatic rings. The summed E-state index contributed by atoms with van der Waals surface area (Å²) in [5, 5.41) is 9.50. The molecule has 1 fully saturated rings. The second kappa shape index (κ2) is 5.14. The van der Waals surface area contributed by atoms with Gasteiger partial charge in [0.2, 0.25) is 5.91 Å². The van der Waals surface area contributed by atoms with Crippen LogP contribution in [0, 0.1) is 0 Å². The number of amides is 1. The van der Waals surface area contributed by atoms with E-state index in [1.807, 2.05) is 0 Å². The maximum Gasteiger partial charge on any atom is 0.228 e. The molecule has 5 nitrogen and oxygen atoms in total. The Morgan fingerprint density at radius 2 is 2.41 bits per heavy atom. The predicted molar refractivity (Wildman–Crippen MR) is 64.2 cm³/mol. The maximum atomic E-state index is 11.9. The quantitative estimate of drug-likeness (QED) is 0.767. The monoisotopic (exact) mass is 235 g/mol. The van der Waals surface area contributed by atoms with Crippen molar-refractivity contribution in [3.8, 4) is 0 Å². The molecule has 92 valence electrons. The number of likely N-dealkylation sites (tertiary alicyclic amines) is 1. The van der Waals surface area contributed by atoms with Crippen LogP contribution in [0.2, 0.25) is 0 Å². The van der Waals surface area contributed by atoms with E-state index in [-0.39, 0.29) is 18.4 Å². The summed E-state index contributed by atoms with van der Waals surface area (Å²) in [6, 6.07) is 3.49. The number of carbonyl (C=O) groups excluding carboxylic acids is 1. The van der Waals surface area contributed by atoms with E-state index in [1.165, 1.54) is 0 Å². The van der Waals surface area contributed by atoms with Crippen molar-refractivity contribution in [2.24, 2.45) is 0 Å². The molecule has 17 heavy (non-hydrogen) atoms. The summed E-state index contributed by atoms with van der Waals surface area (Å²) >= 11 is 0. The Morgan fingerprint density at radius 3 is 3.06 bits per heavy atom. The smallest absolute Gasteiger partial charge is 0.228 e. The van der Waals surface area contributed by atoms with Gasteiger partial charge in [0.05, 0.1) is 24.4 Å². The number of nitrogens with zero attached hydrogens (tertiary/aromatic N) is 2. The minimum absolute atomic E-state index is 0.0148. The number of rotatable bonds is 2. The van der Waals surface area contributed by atoms with Gasteiger partial charge >= 0.3 is 0 Å². The molecule has 3 N–H and O–H groups in total. The number of pyridine rings is 1. The summed E-state index contributed by atoms with van der Waals surface area (Å²) in [5.41, 5.74) is 6.83. The van der Waals surface area contributed by atoms with Gasteiger partial charge in [-0.15, -0.1) is 0 Å². The van der Waals surface area contributed by atoms with Crippen LogP contribution in [0.1, 0.15) is 18.5 Å². The second-order valence-corrected chi connectivity index (χ2v) is 4.40. The number of nitrogen functional groups attached to an aromatic ring is 1. The maximum absolute atomic E-state index is 11.9. The molecule has 1 atom stereocenters. The van der Waals surface area contributed by atoms with Crippen molar-refractivity contribution in [3.05, 3.63) is 24.0 Å². The van der Waals surface area contributed by atoms with Crippen LogP contribution in [0.25, 0.3) is 0 Å². The number of hydrogen-bond donors (Lipinski definition) is 2. The highest BCUT2D eigenvalue weighted by Gasteiger charge is 2.22. The van der Waals surface area contributed by atoms with Gasteiger partial charge in [0.15, 0.2) is 0 Å². The van der Waals surface area contributed by atoms with E-state index >= 15 is 0 Å². The van der Waals surface area contributed by atoms with Crippen LogP contribution < -0.4 is 5.73 Å². The third-order valence-corrected chi connectivity index (χ3v) is 2.93. The van der Waals surface area contributed by atoms with Crippen LogP contribution >= 0.6 is 0 Å². The highest BCUT2D eigenvalue weighted by molar-refractivity contribution is 5.78. The molecule has 5 heteroatoms. The van der Waals surface area contributed by atoms with Gasteiger partial charge in [0.25, 0.3) is 0 Å². The Balaban J connectivity index is 1.94. The lowest BCUT2D eigenvalue weighted by Crippen LogP contribution is -2.42. The van der Waals surface area contributed by atoms with Crippen molar-refractivity contribution in [3.63, 3.8) is 0 Å². The number of β-amino-alcohol motifs (C(OH)–C–C–N with tert-alkyl or cyclic N) is 1. The molecular formula is C12H17N3O2. The van der Waals surface area contributed by atoms with E-state index in [9.17, 15) is 9.90 Å². The first kappa shape index (κ1) is 11.9.